The zero-order chi connectivity index (χ0) is 10.0. The molecule has 13 heavy (non-hydrogen) atoms. The Kier molecular flexibility index (Phi) is 3.09. The summed E-state index contributed by atoms with van der Waals surface area (Å²) in [5.41, 5.74) is 0.273. The Labute approximate surface area is 79.0 Å². The van der Waals surface area contributed by atoms with Crippen LogP contribution in [0.1, 0.15) is 19.8 Å². The molecule has 0 aliphatic heterocycles. The van der Waals surface area contributed by atoms with Crippen LogP contribution in [0.2, 0.25) is 0 Å². The number of hydrogen-bond donors (Lipinski definition) is 1. The topological polar surface area (TPSA) is 40.5 Å². The minimum absolute atomic E-state index is 0.273. The molecule has 3 heteroatoms. The highest BCUT2D eigenvalue weighted by molar-refractivity contribution is 5.86. The summed E-state index contributed by atoms with van der Waals surface area (Å²) in [6.45, 7) is 6.13. The van der Waals surface area contributed by atoms with E-state index in [1.807, 2.05) is 7.05 Å². The number of carboxylic acids is 1. The van der Waals surface area contributed by atoms with Crippen LogP contribution in [0.3, 0.4) is 0 Å². The lowest BCUT2D eigenvalue weighted by Crippen LogP contribution is -2.33. The van der Waals surface area contributed by atoms with Crippen molar-refractivity contribution in [3.05, 3.63) is 12.2 Å². The fourth-order valence-electron chi connectivity index (χ4n) is 1.45. The molecule has 0 radical (unpaired) electrons. The van der Waals surface area contributed by atoms with Crippen LogP contribution in [0.5, 0.6) is 0 Å². The Morgan fingerprint density at radius 3 is 2.62 bits per heavy atom. The van der Waals surface area contributed by atoms with Gasteiger partial charge in [0, 0.05) is 18.2 Å². The van der Waals surface area contributed by atoms with Crippen molar-refractivity contribution in [3.8, 4) is 0 Å². The van der Waals surface area contributed by atoms with Gasteiger partial charge in [-0.05, 0) is 32.7 Å². The monoisotopic (exact) mass is 183 g/mol. The highest BCUT2D eigenvalue weighted by atomic mass is 16.4. The summed E-state index contributed by atoms with van der Waals surface area (Å²) in [5.74, 6) is -0.124. The second kappa shape index (κ2) is 3.92. The second-order valence-electron chi connectivity index (χ2n) is 3.90. The standard InChI is InChI=1S/C10H17NO2/c1-7(10(12)13)6-11(3)8(2)9-4-5-9/h8-9H,1,4-6H2,2-3H3,(H,12,13). The predicted molar refractivity (Wildman–Crippen MR) is 51.6 cm³/mol. The Balaban J connectivity index is 2.34. The first-order chi connectivity index (χ1) is 6.02. The van der Waals surface area contributed by atoms with Crippen LogP contribution in [0.15, 0.2) is 12.2 Å². The first-order valence-electron chi connectivity index (χ1n) is 4.63. The summed E-state index contributed by atoms with van der Waals surface area (Å²) in [6.07, 6.45) is 2.57. The van der Waals surface area contributed by atoms with E-state index < -0.39 is 5.97 Å². The molecule has 0 heterocycles. The van der Waals surface area contributed by atoms with E-state index in [9.17, 15) is 4.79 Å². The van der Waals surface area contributed by atoms with Crippen LogP contribution in [-0.4, -0.2) is 35.6 Å². The Bertz CT molecular complexity index is 221. The van der Waals surface area contributed by atoms with Crippen molar-refractivity contribution in [2.24, 2.45) is 5.92 Å². The van der Waals surface area contributed by atoms with Crippen LogP contribution >= 0.6 is 0 Å². The van der Waals surface area contributed by atoms with Gasteiger partial charge in [0.1, 0.15) is 0 Å². The molecule has 1 aliphatic rings. The molecule has 1 fully saturated rings. The molecule has 1 atom stereocenters. The molecule has 1 aliphatic carbocycles. The minimum Gasteiger partial charge on any atom is -0.478 e. The van der Waals surface area contributed by atoms with Gasteiger partial charge in [-0.25, -0.2) is 4.79 Å². The van der Waals surface area contributed by atoms with E-state index in [-0.39, 0.29) is 5.57 Å². The van der Waals surface area contributed by atoms with E-state index >= 15 is 0 Å². The summed E-state index contributed by atoms with van der Waals surface area (Å²) in [7, 11) is 1.96. The van der Waals surface area contributed by atoms with Crippen LogP contribution in [0.4, 0.5) is 0 Å². The number of carboxylic acid groups (broad SMARTS) is 1. The molecule has 1 N–H and O–H groups in total. The van der Waals surface area contributed by atoms with Gasteiger partial charge >= 0.3 is 5.97 Å². The zero-order valence-corrected chi connectivity index (χ0v) is 8.29. The van der Waals surface area contributed by atoms with Crippen molar-refractivity contribution in [2.75, 3.05) is 13.6 Å². The number of carbonyl (C=O) groups is 1. The number of likely N-dealkylation sites (N-methyl/N-ethyl adjacent to an activating group) is 1. The van der Waals surface area contributed by atoms with Crippen molar-refractivity contribution in [1.29, 1.82) is 0 Å². The smallest absolute Gasteiger partial charge is 0.332 e. The highest BCUT2D eigenvalue weighted by Gasteiger charge is 2.30. The van der Waals surface area contributed by atoms with Crippen LogP contribution < -0.4 is 0 Å². The van der Waals surface area contributed by atoms with Gasteiger partial charge in [-0.1, -0.05) is 6.58 Å². The maximum atomic E-state index is 10.5. The molecular formula is C10H17NO2. The van der Waals surface area contributed by atoms with Gasteiger partial charge in [0.05, 0.1) is 0 Å². The van der Waals surface area contributed by atoms with Gasteiger partial charge in [-0.2, -0.15) is 0 Å². The first-order valence-corrected chi connectivity index (χ1v) is 4.63. The molecule has 0 aromatic carbocycles. The summed E-state index contributed by atoms with van der Waals surface area (Å²) in [4.78, 5) is 12.6. The average Bonchev–Trinajstić information content (AvgIpc) is 2.85. The van der Waals surface area contributed by atoms with Crippen LogP contribution in [-0.2, 0) is 4.79 Å². The van der Waals surface area contributed by atoms with Gasteiger partial charge in [0.15, 0.2) is 0 Å². The maximum Gasteiger partial charge on any atom is 0.332 e. The molecule has 1 saturated carbocycles. The Morgan fingerprint density at radius 2 is 2.23 bits per heavy atom. The van der Waals surface area contributed by atoms with E-state index in [2.05, 4.69) is 18.4 Å². The number of aliphatic carboxylic acids is 1. The van der Waals surface area contributed by atoms with Crippen molar-refractivity contribution in [2.45, 2.75) is 25.8 Å². The first kappa shape index (κ1) is 10.3. The van der Waals surface area contributed by atoms with E-state index in [0.717, 1.165) is 5.92 Å². The van der Waals surface area contributed by atoms with Crippen molar-refractivity contribution in [1.82, 2.24) is 4.90 Å². The lowest BCUT2D eigenvalue weighted by molar-refractivity contribution is -0.132. The number of rotatable bonds is 5. The van der Waals surface area contributed by atoms with Gasteiger partial charge in [-0.15, -0.1) is 0 Å². The number of hydrogen-bond acceptors (Lipinski definition) is 2. The van der Waals surface area contributed by atoms with E-state index in [1.54, 1.807) is 0 Å². The van der Waals surface area contributed by atoms with E-state index in [0.29, 0.717) is 12.6 Å². The Hall–Kier alpha value is -0.830. The summed E-state index contributed by atoms with van der Waals surface area (Å²) >= 11 is 0. The molecule has 1 rings (SSSR count). The van der Waals surface area contributed by atoms with Gasteiger partial charge in [0.25, 0.3) is 0 Å². The van der Waals surface area contributed by atoms with E-state index in [4.69, 9.17) is 5.11 Å². The predicted octanol–water partition coefficient (Wildman–Crippen LogP) is 1.36. The normalized spacial score (nSPS) is 18.7. The molecular weight excluding hydrogens is 166 g/mol. The van der Waals surface area contributed by atoms with Gasteiger partial charge in [0.2, 0.25) is 0 Å². The third-order valence-electron chi connectivity index (χ3n) is 2.74. The molecule has 0 aromatic heterocycles. The molecule has 0 amide bonds. The van der Waals surface area contributed by atoms with Gasteiger partial charge < -0.3 is 5.11 Å². The van der Waals surface area contributed by atoms with Crippen molar-refractivity contribution in [3.63, 3.8) is 0 Å². The number of nitrogens with zero attached hydrogens (tertiary/aromatic N) is 1. The lowest BCUT2D eigenvalue weighted by atomic mass is 10.1. The summed E-state index contributed by atoms with van der Waals surface area (Å²) in [5, 5.41) is 8.64. The maximum absolute atomic E-state index is 10.5. The SMILES string of the molecule is C=C(CN(C)C(C)C1CC1)C(=O)O. The van der Waals surface area contributed by atoms with Gasteiger partial charge in [-0.3, -0.25) is 4.90 Å². The van der Waals surface area contributed by atoms with Crippen molar-refractivity contribution < 1.29 is 9.90 Å². The molecule has 0 saturated heterocycles. The average molecular weight is 183 g/mol. The largest absolute Gasteiger partial charge is 0.478 e. The third-order valence-corrected chi connectivity index (χ3v) is 2.74. The van der Waals surface area contributed by atoms with E-state index in [1.165, 1.54) is 12.8 Å². The molecule has 1 unspecified atom stereocenters. The minimum atomic E-state index is -0.894. The fraction of sp³-hybridized carbons (Fsp3) is 0.700. The molecule has 74 valence electrons. The fourth-order valence-corrected chi connectivity index (χ4v) is 1.45. The molecule has 0 aromatic rings. The van der Waals surface area contributed by atoms with Crippen LogP contribution in [0.25, 0.3) is 0 Å². The summed E-state index contributed by atoms with van der Waals surface area (Å²) < 4.78 is 0. The third kappa shape index (κ3) is 2.84. The zero-order valence-electron chi connectivity index (χ0n) is 8.29. The molecule has 0 bridgehead atoms. The quantitative estimate of drug-likeness (QED) is 0.654. The van der Waals surface area contributed by atoms with Crippen LogP contribution in [0, 0.1) is 5.92 Å². The lowest BCUT2D eigenvalue weighted by Gasteiger charge is -2.24. The molecule has 0 spiro atoms. The molecule has 3 nitrogen and oxygen atoms in total. The Morgan fingerprint density at radius 1 is 1.69 bits per heavy atom. The highest BCUT2D eigenvalue weighted by Crippen LogP contribution is 2.34. The summed E-state index contributed by atoms with van der Waals surface area (Å²) in [6, 6.07) is 0.482. The van der Waals surface area contributed by atoms with Crippen molar-refractivity contribution >= 4 is 5.97 Å². The second-order valence-corrected chi connectivity index (χ2v) is 3.90.